The van der Waals surface area contributed by atoms with Gasteiger partial charge in [0.05, 0.1) is 6.54 Å². The molecular weight excluding hydrogens is 372 g/mol. The van der Waals surface area contributed by atoms with Crippen LogP contribution in [0.1, 0.15) is 12.5 Å². The third kappa shape index (κ3) is 4.03. The van der Waals surface area contributed by atoms with Crippen molar-refractivity contribution in [2.24, 2.45) is 0 Å². The molecular formula is C18H19BrN2OS. The van der Waals surface area contributed by atoms with E-state index in [0.29, 0.717) is 0 Å². The highest BCUT2D eigenvalue weighted by Gasteiger charge is 2.25. The van der Waals surface area contributed by atoms with Crippen molar-refractivity contribution in [1.29, 1.82) is 0 Å². The second-order valence-corrected chi connectivity index (χ2v) is 6.83. The van der Waals surface area contributed by atoms with Crippen LogP contribution in [0.15, 0.2) is 53.0 Å². The molecule has 1 heterocycles. The lowest BCUT2D eigenvalue weighted by Crippen LogP contribution is -2.41. The number of fused-ring (bicyclic) bond motifs is 1. The zero-order chi connectivity index (χ0) is 16.2. The van der Waals surface area contributed by atoms with E-state index in [9.17, 15) is 0 Å². The van der Waals surface area contributed by atoms with Crippen LogP contribution in [0.4, 0.5) is 5.69 Å². The Morgan fingerprint density at radius 1 is 1.26 bits per heavy atom. The van der Waals surface area contributed by atoms with Crippen LogP contribution in [-0.4, -0.2) is 29.2 Å². The van der Waals surface area contributed by atoms with Gasteiger partial charge in [-0.05, 0) is 55.0 Å². The summed E-state index contributed by atoms with van der Waals surface area (Å²) in [6.07, 6.45) is 1.09. The maximum atomic E-state index is 6.02. The van der Waals surface area contributed by atoms with E-state index in [0.717, 1.165) is 40.5 Å². The molecule has 0 fully saturated rings. The first-order valence-electron chi connectivity index (χ1n) is 7.71. The van der Waals surface area contributed by atoms with E-state index >= 15 is 0 Å². The number of rotatable bonds is 4. The Morgan fingerprint density at radius 2 is 2.00 bits per heavy atom. The number of halogens is 1. The highest BCUT2D eigenvalue weighted by molar-refractivity contribution is 9.10. The smallest absolute Gasteiger partial charge is 0.173 e. The van der Waals surface area contributed by atoms with E-state index in [-0.39, 0.29) is 6.10 Å². The van der Waals surface area contributed by atoms with Gasteiger partial charge in [0.2, 0.25) is 0 Å². The first-order chi connectivity index (χ1) is 11.2. The first-order valence-corrected chi connectivity index (χ1v) is 8.92. The standard InChI is InChI=1S/C18H19BrN2OS/c1-2-21(18(23)20-15-9-7-14(19)8-10-15)12-16-11-13-5-3-4-6-17(13)22-16/h3-10,16H,2,11-12H2,1H3,(H,20,23)/t16-/m0/s1. The Morgan fingerprint density at radius 3 is 2.70 bits per heavy atom. The normalized spacial score (nSPS) is 15.7. The zero-order valence-electron chi connectivity index (χ0n) is 13.0. The summed E-state index contributed by atoms with van der Waals surface area (Å²) in [5.41, 5.74) is 2.27. The lowest BCUT2D eigenvalue weighted by atomic mass is 10.1. The molecule has 23 heavy (non-hydrogen) atoms. The fourth-order valence-electron chi connectivity index (χ4n) is 2.69. The molecule has 1 N–H and O–H groups in total. The fourth-order valence-corrected chi connectivity index (χ4v) is 3.28. The maximum Gasteiger partial charge on any atom is 0.173 e. The van der Waals surface area contributed by atoms with Crippen LogP contribution in [0.25, 0.3) is 0 Å². The van der Waals surface area contributed by atoms with E-state index < -0.39 is 0 Å². The van der Waals surface area contributed by atoms with Crippen molar-refractivity contribution < 1.29 is 4.74 Å². The molecule has 5 heteroatoms. The molecule has 0 radical (unpaired) electrons. The number of ether oxygens (including phenoxy) is 1. The molecule has 2 aromatic carbocycles. The number of hydrogen-bond donors (Lipinski definition) is 1. The Kier molecular flexibility index (Phi) is 5.18. The van der Waals surface area contributed by atoms with E-state index in [1.54, 1.807) is 0 Å². The summed E-state index contributed by atoms with van der Waals surface area (Å²) >= 11 is 9.00. The summed E-state index contributed by atoms with van der Waals surface area (Å²) < 4.78 is 7.07. The van der Waals surface area contributed by atoms with Crippen molar-refractivity contribution in [3.8, 4) is 5.75 Å². The summed E-state index contributed by atoms with van der Waals surface area (Å²) in [5, 5.41) is 4.03. The summed E-state index contributed by atoms with van der Waals surface area (Å²) in [5.74, 6) is 1.00. The summed E-state index contributed by atoms with van der Waals surface area (Å²) in [4.78, 5) is 2.15. The number of hydrogen-bond acceptors (Lipinski definition) is 2. The highest BCUT2D eigenvalue weighted by Crippen LogP contribution is 2.28. The van der Waals surface area contributed by atoms with Gasteiger partial charge in [-0.3, -0.25) is 0 Å². The van der Waals surface area contributed by atoms with Gasteiger partial charge < -0.3 is 15.0 Å². The predicted molar refractivity (Wildman–Crippen MR) is 102 cm³/mol. The molecule has 1 atom stereocenters. The molecule has 3 nitrogen and oxygen atoms in total. The molecule has 0 amide bonds. The molecule has 0 bridgehead atoms. The molecule has 0 aliphatic carbocycles. The average Bonchev–Trinajstić information content (AvgIpc) is 2.97. The number of likely N-dealkylation sites (N-methyl/N-ethyl adjacent to an activating group) is 1. The molecule has 0 unspecified atom stereocenters. The minimum atomic E-state index is 0.150. The topological polar surface area (TPSA) is 24.5 Å². The van der Waals surface area contributed by atoms with Gasteiger partial charge >= 0.3 is 0 Å². The molecule has 3 rings (SSSR count). The first kappa shape index (κ1) is 16.3. The van der Waals surface area contributed by atoms with Crippen LogP contribution in [0, 0.1) is 0 Å². The third-order valence-electron chi connectivity index (χ3n) is 3.90. The number of nitrogens with one attached hydrogen (secondary N) is 1. The van der Waals surface area contributed by atoms with Gasteiger partial charge in [-0.15, -0.1) is 0 Å². The van der Waals surface area contributed by atoms with Crippen molar-refractivity contribution in [3.63, 3.8) is 0 Å². The van der Waals surface area contributed by atoms with Gasteiger partial charge in [-0.25, -0.2) is 0 Å². The molecule has 1 aliphatic heterocycles. The van der Waals surface area contributed by atoms with Crippen molar-refractivity contribution in [1.82, 2.24) is 4.90 Å². The lowest BCUT2D eigenvalue weighted by molar-refractivity contribution is 0.194. The van der Waals surface area contributed by atoms with Crippen molar-refractivity contribution in [2.45, 2.75) is 19.4 Å². The number of nitrogens with zero attached hydrogens (tertiary/aromatic N) is 1. The van der Waals surface area contributed by atoms with Crippen molar-refractivity contribution in [2.75, 3.05) is 18.4 Å². The lowest BCUT2D eigenvalue weighted by Gasteiger charge is -2.27. The average molecular weight is 391 g/mol. The van der Waals surface area contributed by atoms with E-state index in [2.05, 4.69) is 45.2 Å². The molecule has 0 aromatic heterocycles. The number of benzene rings is 2. The van der Waals surface area contributed by atoms with Crippen LogP contribution in [0.2, 0.25) is 0 Å². The largest absolute Gasteiger partial charge is 0.488 e. The van der Waals surface area contributed by atoms with Crippen molar-refractivity contribution >= 4 is 38.9 Å². The van der Waals surface area contributed by atoms with E-state index in [1.807, 2.05) is 36.4 Å². The van der Waals surface area contributed by atoms with Gasteiger partial charge in [0.1, 0.15) is 11.9 Å². The Bertz CT molecular complexity index is 665. The summed E-state index contributed by atoms with van der Waals surface area (Å²) in [7, 11) is 0. The van der Waals surface area contributed by atoms with Gasteiger partial charge in [-0.2, -0.15) is 0 Å². The Labute approximate surface area is 150 Å². The molecule has 1 aliphatic rings. The van der Waals surface area contributed by atoms with Crippen LogP contribution >= 0.6 is 28.1 Å². The van der Waals surface area contributed by atoms with E-state index in [1.165, 1.54) is 5.56 Å². The number of para-hydroxylation sites is 1. The second kappa shape index (κ2) is 7.32. The summed E-state index contributed by atoms with van der Waals surface area (Å²) in [6, 6.07) is 16.2. The zero-order valence-corrected chi connectivity index (χ0v) is 15.4. The van der Waals surface area contributed by atoms with Crippen molar-refractivity contribution in [3.05, 3.63) is 58.6 Å². The maximum absolute atomic E-state index is 6.02. The van der Waals surface area contributed by atoms with Gasteiger partial charge in [0, 0.05) is 23.1 Å². The molecule has 0 spiro atoms. The van der Waals surface area contributed by atoms with Crippen LogP contribution in [0.3, 0.4) is 0 Å². The number of thiocarbonyl (C=S) groups is 1. The minimum Gasteiger partial charge on any atom is -0.488 e. The van der Waals surface area contributed by atoms with Gasteiger partial charge in [0.25, 0.3) is 0 Å². The fraction of sp³-hybridized carbons (Fsp3) is 0.278. The Hall–Kier alpha value is -1.59. The SMILES string of the molecule is CCN(C[C@@H]1Cc2ccccc2O1)C(=S)Nc1ccc(Br)cc1. The monoisotopic (exact) mass is 390 g/mol. The van der Waals surface area contributed by atoms with Crippen LogP contribution < -0.4 is 10.1 Å². The van der Waals surface area contributed by atoms with Crippen LogP contribution in [-0.2, 0) is 6.42 Å². The van der Waals surface area contributed by atoms with E-state index in [4.69, 9.17) is 17.0 Å². The predicted octanol–water partition coefficient (Wildman–Crippen LogP) is 4.47. The molecule has 2 aromatic rings. The highest BCUT2D eigenvalue weighted by atomic mass is 79.9. The van der Waals surface area contributed by atoms with Crippen LogP contribution in [0.5, 0.6) is 5.75 Å². The Balaban J connectivity index is 1.59. The summed E-state index contributed by atoms with van der Waals surface area (Å²) in [6.45, 7) is 3.74. The van der Waals surface area contributed by atoms with Gasteiger partial charge in [0.15, 0.2) is 5.11 Å². The van der Waals surface area contributed by atoms with Gasteiger partial charge in [-0.1, -0.05) is 34.1 Å². The quantitative estimate of drug-likeness (QED) is 0.778. The number of anilines is 1. The molecule has 120 valence electrons. The minimum absolute atomic E-state index is 0.150. The third-order valence-corrected chi connectivity index (χ3v) is 4.79. The molecule has 0 saturated carbocycles. The molecule has 0 saturated heterocycles. The second-order valence-electron chi connectivity index (χ2n) is 5.53.